The molecule has 0 bridgehead atoms. The fourth-order valence-corrected chi connectivity index (χ4v) is 4.03. The zero-order valence-corrected chi connectivity index (χ0v) is 17.3. The topological polar surface area (TPSA) is 69.9 Å². The van der Waals surface area contributed by atoms with Gasteiger partial charge in [0.1, 0.15) is 5.82 Å². The summed E-state index contributed by atoms with van der Waals surface area (Å²) in [4.78, 5) is 19.1. The highest BCUT2D eigenvalue weighted by molar-refractivity contribution is 5.78. The largest absolute Gasteiger partial charge is 0.354 e. The molecule has 0 aromatic carbocycles. The molecule has 2 saturated heterocycles. The molecule has 0 atom stereocenters. The molecule has 8 nitrogen and oxygen atoms in total. The van der Waals surface area contributed by atoms with E-state index in [4.69, 9.17) is 5.10 Å². The van der Waals surface area contributed by atoms with E-state index < -0.39 is 0 Å². The number of nitrogens with zero attached hydrogens (tertiary/aromatic N) is 7. The molecule has 1 amide bonds. The standard InChI is InChI=1S/C20H31N7O/c1-20(2,3)19-22-21-16-7-8-17(23-27(16)19)25-12-6-9-24(13-14-25)15-18(28)26-10-4-5-11-26/h7-8H,4-6,9-15H2,1-3H3. The Labute approximate surface area is 166 Å². The van der Waals surface area contributed by atoms with Gasteiger partial charge in [-0.05, 0) is 31.4 Å². The van der Waals surface area contributed by atoms with Crippen LogP contribution in [-0.4, -0.2) is 81.3 Å². The lowest BCUT2D eigenvalue weighted by Gasteiger charge is -2.24. The van der Waals surface area contributed by atoms with Gasteiger partial charge in [-0.2, -0.15) is 4.52 Å². The van der Waals surface area contributed by atoms with Gasteiger partial charge in [-0.25, -0.2) is 0 Å². The molecule has 0 saturated carbocycles. The van der Waals surface area contributed by atoms with Crippen LogP contribution in [0.1, 0.15) is 45.9 Å². The Hall–Kier alpha value is -2.22. The van der Waals surface area contributed by atoms with Crippen LogP contribution in [0.15, 0.2) is 12.1 Å². The SMILES string of the molecule is CC(C)(C)c1nnc2ccc(N3CCCN(CC(=O)N4CCCC4)CC3)nn12. The molecule has 4 rings (SSSR count). The summed E-state index contributed by atoms with van der Waals surface area (Å²) in [6.45, 7) is 12.4. The van der Waals surface area contributed by atoms with Gasteiger partial charge in [0, 0.05) is 44.7 Å². The molecule has 2 aromatic heterocycles. The Kier molecular flexibility index (Phi) is 5.23. The second-order valence-electron chi connectivity index (χ2n) is 8.94. The van der Waals surface area contributed by atoms with E-state index in [2.05, 4.69) is 40.8 Å². The van der Waals surface area contributed by atoms with Crippen LogP contribution in [0.3, 0.4) is 0 Å². The molecule has 2 aliphatic heterocycles. The predicted molar refractivity (Wildman–Crippen MR) is 109 cm³/mol. The lowest BCUT2D eigenvalue weighted by Crippen LogP contribution is -2.40. The van der Waals surface area contributed by atoms with E-state index in [0.717, 1.165) is 75.8 Å². The van der Waals surface area contributed by atoms with Crippen molar-refractivity contribution in [1.29, 1.82) is 0 Å². The van der Waals surface area contributed by atoms with Gasteiger partial charge in [0.15, 0.2) is 11.5 Å². The van der Waals surface area contributed by atoms with E-state index in [1.165, 1.54) is 0 Å². The number of aromatic nitrogens is 4. The van der Waals surface area contributed by atoms with Gasteiger partial charge in [-0.1, -0.05) is 20.8 Å². The number of carbonyl (C=O) groups excluding carboxylic acids is 1. The van der Waals surface area contributed by atoms with Crippen molar-refractivity contribution < 1.29 is 4.79 Å². The summed E-state index contributed by atoms with van der Waals surface area (Å²) in [5, 5.41) is 13.4. The third-order valence-electron chi connectivity index (χ3n) is 5.65. The predicted octanol–water partition coefficient (Wildman–Crippen LogP) is 1.56. The van der Waals surface area contributed by atoms with Crippen molar-refractivity contribution >= 4 is 17.4 Å². The van der Waals surface area contributed by atoms with Crippen molar-refractivity contribution in [2.24, 2.45) is 0 Å². The van der Waals surface area contributed by atoms with Gasteiger partial charge in [0.2, 0.25) is 5.91 Å². The summed E-state index contributed by atoms with van der Waals surface area (Å²) in [5.41, 5.74) is 0.664. The lowest BCUT2D eigenvalue weighted by atomic mass is 9.96. The van der Waals surface area contributed by atoms with Crippen LogP contribution < -0.4 is 4.90 Å². The third kappa shape index (κ3) is 3.97. The molecule has 2 aromatic rings. The molecule has 8 heteroatoms. The summed E-state index contributed by atoms with van der Waals surface area (Å²) in [6, 6.07) is 4.02. The van der Waals surface area contributed by atoms with Crippen LogP contribution in [0.2, 0.25) is 0 Å². The van der Waals surface area contributed by atoms with E-state index >= 15 is 0 Å². The maximum atomic E-state index is 12.5. The molecule has 28 heavy (non-hydrogen) atoms. The Morgan fingerprint density at radius 2 is 1.75 bits per heavy atom. The first-order valence-electron chi connectivity index (χ1n) is 10.4. The van der Waals surface area contributed by atoms with Gasteiger partial charge >= 0.3 is 0 Å². The number of hydrogen-bond donors (Lipinski definition) is 0. The van der Waals surface area contributed by atoms with E-state index in [0.29, 0.717) is 6.54 Å². The van der Waals surface area contributed by atoms with Crippen LogP contribution in [0.25, 0.3) is 5.65 Å². The first-order valence-corrected chi connectivity index (χ1v) is 10.4. The quantitative estimate of drug-likeness (QED) is 0.799. The maximum Gasteiger partial charge on any atom is 0.236 e. The summed E-state index contributed by atoms with van der Waals surface area (Å²) in [6.07, 6.45) is 3.32. The van der Waals surface area contributed by atoms with Crippen LogP contribution in [0.5, 0.6) is 0 Å². The van der Waals surface area contributed by atoms with Crippen molar-refractivity contribution in [3.63, 3.8) is 0 Å². The number of hydrogen-bond acceptors (Lipinski definition) is 6. The second kappa shape index (κ2) is 7.66. The van der Waals surface area contributed by atoms with E-state index in [1.807, 2.05) is 21.5 Å². The van der Waals surface area contributed by atoms with Crippen molar-refractivity contribution in [2.45, 2.75) is 45.4 Å². The highest BCUT2D eigenvalue weighted by Gasteiger charge is 2.24. The maximum absolute atomic E-state index is 12.5. The van der Waals surface area contributed by atoms with E-state index in [1.54, 1.807) is 0 Å². The minimum atomic E-state index is -0.115. The fourth-order valence-electron chi connectivity index (χ4n) is 4.03. The van der Waals surface area contributed by atoms with Crippen LogP contribution in [0.4, 0.5) is 5.82 Å². The molecular formula is C20H31N7O. The van der Waals surface area contributed by atoms with Crippen molar-refractivity contribution in [2.75, 3.05) is 50.7 Å². The minimum Gasteiger partial charge on any atom is -0.354 e. The highest BCUT2D eigenvalue weighted by atomic mass is 16.2. The number of anilines is 1. The number of likely N-dealkylation sites (tertiary alicyclic amines) is 1. The first-order chi connectivity index (χ1) is 13.4. The monoisotopic (exact) mass is 385 g/mol. The van der Waals surface area contributed by atoms with Crippen LogP contribution >= 0.6 is 0 Å². The minimum absolute atomic E-state index is 0.115. The van der Waals surface area contributed by atoms with Crippen molar-refractivity contribution in [3.8, 4) is 0 Å². The Bertz CT molecular complexity index is 835. The summed E-state index contributed by atoms with van der Waals surface area (Å²) in [5.74, 6) is 2.10. The lowest BCUT2D eigenvalue weighted by molar-refractivity contribution is -0.131. The average molecular weight is 386 g/mol. The molecule has 2 aliphatic rings. The first kappa shape index (κ1) is 19.1. The number of amides is 1. The van der Waals surface area contributed by atoms with Gasteiger partial charge in [0.05, 0.1) is 6.54 Å². The van der Waals surface area contributed by atoms with Crippen LogP contribution in [0, 0.1) is 0 Å². The normalized spacial score (nSPS) is 19.4. The summed E-state index contributed by atoms with van der Waals surface area (Å²) in [7, 11) is 0. The Balaban J connectivity index is 1.44. The fraction of sp³-hybridized carbons (Fsp3) is 0.700. The molecule has 0 unspecified atom stereocenters. The summed E-state index contributed by atoms with van der Waals surface area (Å²) < 4.78 is 1.87. The smallest absolute Gasteiger partial charge is 0.236 e. The molecule has 0 radical (unpaired) electrons. The molecule has 0 aliphatic carbocycles. The Morgan fingerprint density at radius 1 is 0.964 bits per heavy atom. The van der Waals surface area contributed by atoms with E-state index in [-0.39, 0.29) is 11.3 Å². The zero-order chi connectivity index (χ0) is 19.7. The number of fused-ring (bicyclic) bond motifs is 1. The van der Waals surface area contributed by atoms with E-state index in [9.17, 15) is 4.79 Å². The summed E-state index contributed by atoms with van der Waals surface area (Å²) >= 11 is 0. The van der Waals surface area contributed by atoms with Gasteiger partial charge in [-0.15, -0.1) is 15.3 Å². The van der Waals surface area contributed by atoms with Gasteiger partial charge < -0.3 is 9.80 Å². The average Bonchev–Trinajstić information content (AvgIpc) is 3.28. The molecule has 0 N–H and O–H groups in total. The molecular weight excluding hydrogens is 354 g/mol. The molecule has 2 fully saturated rings. The van der Waals surface area contributed by atoms with Crippen molar-refractivity contribution in [3.05, 3.63) is 18.0 Å². The Morgan fingerprint density at radius 3 is 2.50 bits per heavy atom. The van der Waals surface area contributed by atoms with Gasteiger partial charge in [-0.3, -0.25) is 9.69 Å². The van der Waals surface area contributed by atoms with Crippen LogP contribution in [-0.2, 0) is 10.2 Å². The third-order valence-corrected chi connectivity index (χ3v) is 5.65. The second-order valence-corrected chi connectivity index (χ2v) is 8.94. The van der Waals surface area contributed by atoms with Crippen molar-refractivity contribution in [1.82, 2.24) is 29.6 Å². The number of rotatable bonds is 3. The number of carbonyl (C=O) groups is 1. The molecule has 152 valence electrons. The highest BCUT2D eigenvalue weighted by Crippen LogP contribution is 2.22. The molecule has 4 heterocycles. The van der Waals surface area contributed by atoms with Gasteiger partial charge in [0.25, 0.3) is 0 Å². The molecule has 0 spiro atoms. The zero-order valence-electron chi connectivity index (χ0n) is 17.3.